The number of ether oxygens (including phenoxy) is 1. The molecule has 0 saturated heterocycles. The minimum Gasteiger partial charge on any atom is -0.379 e. The number of carbonyl (C=O) groups is 1. The number of Topliss-reactive ketones (excluding diaryl/α,β-unsaturated/α-hetero) is 1. The van der Waals surface area contributed by atoms with Gasteiger partial charge in [-0.25, -0.2) is 0 Å². The number of hydrogen-bond acceptors (Lipinski definition) is 4. The molecule has 0 saturated carbocycles. The van der Waals surface area contributed by atoms with Crippen molar-refractivity contribution in [3.8, 4) is 0 Å². The molecule has 0 aliphatic heterocycles. The van der Waals surface area contributed by atoms with Gasteiger partial charge in [-0.15, -0.1) is 0 Å². The number of carbonyl (C=O) groups excluding carboxylic acids is 1. The van der Waals surface area contributed by atoms with Gasteiger partial charge < -0.3 is 15.4 Å². The van der Waals surface area contributed by atoms with Gasteiger partial charge in [-0.05, 0) is 13.0 Å². The summed E-state index contributed by atoms with van der Waals surface area (Å²) in [5, 5.41) is 6.28. The van der Waals surface area contributed by atoms with Crippen molar-refractivity contribution in [2.45, 2.75) is 27.2 Å². The summed E-state index contributed by atoms with van der Waals surface area (Å²) in [5.41, 5.74) is 0. The molecule has 0 spiro atoms. The van der Waals surface area contributed by atoms with E-state index in [1.165, 1.54) is 0 Å². The smallest absolute Gasteiger partial charge is 0.149 e. The van der Waals surface area contributed by atoms with Crippen LogP contribution in [0, 0.1) is 5.92 Å². The summed E-state index contributed by atoms with van der Waals surface area (Å²) in [7, 11) is 0. The zero-order chi connectivity index (χ0) is 12.2. The zero-order valence-electron chi connectivity index (χ0n) is 10.8. The van der Waals surface area contributed by atoms with Gasteiger partial charge in [-0.2, -0.15) is 0 Å². The molecule has 0 aliphatic carbocycles. The molecule has 0 heterocycles. The molecule has 4 heteroatoms. The van der Waals surface area contributed by atoms with E-state index in [4.69, 9.17) is 4.74 Å². The molecule has 0 aliphatic rings. The molecule has 0 aromatic carbocycles. The zero-order valence-corrected chi connectivity index (χ0v) is 10.8. The third-order valence-corrected chi connectivity index (χ3v) is 2.56. The van der Waals surface area contributed by atoms with E-state index in [0.29, 0.717) is 13.2 Å². The van der Waals surface area contributed by atoms with Crippen LogP contribution in [0.5, 0.6) is 0 Å². The van der Waals surface area contributed by atoms with Crippen molar-refractivity contribution in [2.75, 3.05) is 39.4 Å². The average Bonchev–Trinajstić information content (AvgIpc) is 2.31. The number of nitrogens with one attached hydrogen (secondary N) is 2. The van der Waals surface area contributed by atoms with Crippen LogP contribution in [0.3, 0.4) is 0 Å². The Hall–Kier alpha value is -0.450. The molecular weight excluding hydrogens is 204 g/mol. The first-order valence-electron chi connectivity index (χ1n) is 6.24. The van der Waals surface area contributed by atoms with Crippen LogP contribution < -0.4 is 10.6 Å². The van der Waals surface area contributed by atoms with Crippen LogP contribution in [0.25, 0.3) is 0 Å². The molecular formula is C12H26N2O2. The monoisotopic (exact) mass is 230 g/mol. The topological polar surface area (TPSA) is 50.4 Å². The Morgan fingerprint density at radius 1 is 1.19 bits per heavy atom. The lowest BCUT2D eigenvalue weighted by Crippen LogP contribution is -2.30. The first-order chi connectivity index (χ1) is 7.72. The van der Waals surface area contributed by atoms with E-state index in [1.54, 1.807) is 0 Å². The Morgan fingerprint density at radius 2 is 1.81 bits per heavy atom. The maximum atomic E-state index is 11.4. The average molecular weight is 230 g/mol. The van der Waals surface area contributed by atoms with Crippen LogP contribution in [0.1, 0.15) is 27.2 Å². The number of hydrogen-bond donors (Lipinski definition) is 2. The van der Waals surface area contributed by atoms with Crippen LogP contribution in [0.2, 0.25) is 0 Å². The highest BCUT2D eigenvalue weighted by Crippen LogP contribution is 2.00. The van der Waals surface area contributed by atoms with Gasteiger partial charge >= 0.3 is 0 Å². The first-order valence-corrected chi connectivity index (χ1v) is 6.24. The minimum absolute atomic E-state index is 0.169. The summed E-state index contributed by atoms with van der Waals surface area (Å²) in [6.45, 7) is 10.5. The standard InChI is InChI=1S/C12H26N2O2/c1-4-11(3)12(15)10-14-7-9-16-8-6-13-5-2/h11,13-14H,4-10H2,1-3H3. The summed E-state index contributed by atoms with van der Waals surface area (Å²) in [4.78, 5) is 11.4. The Labute approximate surface area is 99.1 Å². The molecule has 0 aromatic heterocycles. The molecule has 0 aromatic rings. The Kier molecular flexibility index (Phi) is 10.7. The molecule has 2 N–H and O–H groups in total. The van der Waals surface area contributed by atoms with Crippen molar-refractivity contribution < 1.29 is 9.53 Å². The van der Waals surface area contributed by atoms with E-state index >= 15 is 0 Å². The van der Waals surface area contributed by atoms with E-state index in [2.05, 4.69) is 17.6 Å². The van der Waals surface area contributed by atoms with Gasteiger partial charge in [-0.3, -0.25) is 4.79 Å². The molecule has 4 nitrogen and oxygen atoms in total. The first kappa shape index (κ1) is 15.6. The minimum atomic E-state index is 0.169. The second-order valence-electron chi connectivity index (χ2n) is 3.92. The molecule has 1 unspecified atom stereocenters. The highest BCUT2D eigenvalue weighted by Gasteiger charge is 2.08. The predicted octanol–water partition coefficient (Wildman–Crippen LogP) is 0.817. The maximum Gasteiger partial charge on any atom is 0.149 e. The Bertz CT molecular complexity index is 174. The lowest BCUT2D eigenvalue weighted by atomic mass is 10.0. The fraction of sp³-hybridized carbons (Fsp3) is 0.917. The second-order valence-corrected chi connectivity index (χ2v) is 3.92. The van der Waals surface area contributed by atoms with E-state index in [1.807, 2.05) is 13.8 Å². The summed E-state index contributed by atoms with van der Waals surface area (Å²) >= 11 is 0. The molecule has 0 amide bonds. The fourth-order valence-corrected chi connectivity index (χ4v) is 1.18. The molecule has 0 fully saturated rings. The van der Waals surface area contributed by atoms with E-state index in [-0.39, 0.29) is 11.7 Å². The van der Waals surface area contributed by atoms with Crippen molar-refractivity contribution in [1.29, 1.82) is 0 Å². The lowest BCUT2D eigenvalue weighted by molar-refractivity contribution is -0.121. The van der Waals surface area contributed by atoms with Crippen LogP contribution in [0.15, 0.2) is 0 Å². The predicted molar refractivity (Wildman–Crippen MR) is 66.7 cm³/mol. The van der Waals surface area contributed by atoms with E-state index in [0.717, 1.165) is 32.7 Å². The van der Waals surface area contributed by atoms with E-state index < -0.39 is 0 Å². The van der Waals surface area contributed by atoms with Crippen LogP contribution in [0.4, 0.5) is 0 Å². The van der Waals surface area contributed by atoms with Crippen LogP contribution in [-0.4, -0.2) is 45.2 Å². The van der Waals surface area contributed by atoms with Crippen LogP contribution in [-0.2, 0) is 9.53 Å². The fourth-order valence-electron chi connectivity index (χ4n) is 1.18. The van der Waals surface area contributed by atoms with Gasteiger partial charge in [0.05, 0.1) is 19.8 Å². The Morgan fingerprint density at radius 3 is 2.38 bits per heavy atom. The molecule has 0 radical (unpaired) electrons. The number of ketones is 1. The summed E-state index contributed by atoms with van der Waals surface area (Å²) in [5.74, 6) is 0.456. The highest BCUT2D eigenvalue weighted by molar-refractivity contribution is 5.82. The molecule has 0 bridgehead atoms. The van der Waals surface area contributed by atoms with Gasteiger partial charge in [0.2, 0.25) is 0 Å². The van der Waals surface area contributed by atoms with Gasteiger partial charge in [0.1, 0.15) is 5.78 Å². The van der Waals surface area contributed by atoms with Crippen molar-refractivity contribution in [1.82, 2.24) is 10.6 Å². The maximum absolute atomic E-state index is 11.4. The van der Waals surface area contributed by atoms with Crippen LogP contribution >= 0.6 is 0 Å². The van der Waals surface area contributed by atoms with Gasteiger partial charge in [0.25, 0.3) is 0 Å². The van der Waals surface area contributed by atoms with Gasteiger partial charge in [-0.1, -0.05) is 20.8 Å². The molecule has 0 rings (SSSR count). The lowest BCUT2D eigenvalue weighted by Gasteiger charge is -2.09. The van der Waals surface area contributed by atoms with Crippen molar-refractivity contribution in [3.05, 3.63) is 0 Å². The largest absolute Gasteiger partial charge is 0.379 e. The van der Waals surface area contributed by atoms with Crippen molar-refractivity contribution >= 4 is 5.78 Å². The normalized spacial score (nSPS) is 12.7. The number of likely N-dealkylation sites (N-methyl/N-ethyl adjacent to an activating group) is 1. The van der Waals surface area contributed by atoms with Crippen molar-refractivity contribution in [3.63, 3.8) is 0 Å². The molecule has 96 valence electrons. The summed E-state index contributed by atoms with van der Waals surface area (Å²) in [6.07, 6.45) is 0.916. The van der Waals surface area contributed by atoms with Gasteiger partial charge in [0, 0.05) is 19.0 Å². The quantitative estimate of drug-likeness (QED) is 0.516. The Balaban J connectivity index is 3.18. The molecule has 16 heavy (non-hydrogen) atoms. The highest BCUT2D eigenvalue weighted by atomic mass is 16.5. The third-order valence-electron chi connectivity index (χ3n) is 2.56. The van der Waals surface area contributed by atoms with Crippen molar-refractivity contribution in [2.24, 2.45) is 5.92 Å². The summed E-state index contributed by atoms with van der Waals surface area (Å²) in [6, 6.07) is 0. The molecule has 1 atom stereocenters. The van der Waals surface area contributed by atoms with Gasteiger partial charge in [0.15, 0.2) is 0 Å². The second kappa shape index (κ2) is 11.0. The number of rotatable bonds is 11. The van der Waals surface area contributed by atoms with E-state index in [9.17, 15) is 4.79 Å². The summed E-state index contributed by atoms with van der Waals surface area (Å²) < 4.78 is 5.37. The SMILES string of the molecule is CCNCCOCCNCC(=O)C(C)CC. The third kappa shape index (κ3) is 8.83.